The van der Waals surface area contributed by atoms with Crippen molar-refractivity contribution in [2.24, 2.45) is 0 Å². The highest BCUT2D eigenvalue weighted by atomic mass is 79.9. The van der Waals surface area contributed by atoms with Gasteiger partial charge in [-0.3, -0.25) is 0 Å². The van der Waals surface area contributed by atoms with E-state index >= 15 is 0 Å². The normalized spacial score (nSPS) is 20.4. The first kappa shape index (κ1) is 17.5. The minimum Gasteiger partial charge on any atom is -0.312 e. The van der Waals surface area contributed by atoms with Crippen LogP contribution in [0.25, 0.3) is 0 Å². The van der Waals surface area contributed by atoms with E-state index in [1.54, 1.807) is 0 Å². The number of nitrogens with one attached hydrogen (secondary N) is 1. The molecule has 1 fully saturated rings. The summed E-state index contributed by atoms with van der Waals surface area (Å²) >= 11 is 5.47. The minimum atomic E-state index is 0.309. The van der Waals surface area contributed by atoms with Gasteiger partial charge in [-0.25, -0.2) is 0 Å². The van der Waals surface area contributed by atoms with E-state index in [1.165, 1.54) is 47.9 Å². The Morgan fingerprint density at radius 3 is 2.43 bits per heavy atom. The molecule has 1 saturated carbocycles. The smallest absolute Gasteiger partial charge is 0.0359 e. The molecule has 0 aliphatic heterocycles. The van der Waals surface area contributed by atoms with Crippen LogP contribution in [-0.2, 0) is 6.42 Å². The Balaban J connectivity index is 2.22. The van der Waals surface area contributed by atoms with E-state index in [0.29, 0.717) is 11.6 Å². The molecule has 1 heterocycles. The molecule has 0 amide bonds. The van der Waals surface area contributed by atoms with Gasteiger partial charge in [0, 0.05) is 26.3 Å². The third-order valence-electron chi connectivity index (χ3n) is 4.99. The lowest BCUT2D eigenvalue weighted by Gasteiger charge is -2.46. The fourth-order valence-corrected chi connectivity index (χ4v) is 5.31. The van der Waals surface area contributed by atoms with Gasteiger partial charge in [0.2, 0.25) is 0 Å². The highest BCUT2D eigenvalue weighted by Crippen LogP contribution is 2.36. The van der Waals surface area contributed by atoms with Gasteiger partial charge in [0.1, 0.15) is 0 Å². The topological polar surface area (TPSA) is 15.3 Å². The van der Waals surface area contributed by atoms with Crippen molar-refractivity contribution < 1.29 is 0 Å². The molecule has 120 valence electrons. The van der Waals surface area contributed by atoms with Crippen molar-refractivity contribution in [3.05, 3.63) is 20.8 Å². The van der Waals surface area contributed by atoms with Gasteiger partial charge in [-0.15, -0.1) is 11.3 Å². The predicted octanol–water partition coefficient (Wildman–Crippen LogP) is 4.69. The predicted molar refractivity (Wildman–Crippen MR) is 97.3 cm³/mol. The lowest BCUT2D eigenvalue weighted by molar-refractivity contribution is 0.0812. The van der Waals surface area contributed by atoms with Crippen molar-refractivity contribution in [1.29, 1.82) is 0 Å². The van der Waals surface area contributed by atoms with Crippen LogP contribution in [0.3, 0.4) is 0 Å². The molecule has 2 nitrogen and oxygen atoms in total. The lowest BCUT2D eigenvalue weighted by atomic mass is 9.79. The van der Waals surface area contributed by atoms with Crippen molar-refractivity contribution in [2.75, 3.05) is 20.6 Å². The SMILES string of the molecule is CCNC(Cc1cc(Br)cs1)C1(N(C)C)CCCCCC1. The molecule has 4 heteroatoms. The second kappa shape index (κ2) is 8.09. The minimum absolute atomic E-state index is 0.309. The number of hydrogen-bond acceptors (Lipinski definition) is 3. The first-order chi connectivity index (χ1) is 10.1. The Morgan fingerprint density at radius 1 is 1.29 bits per heavy atom. The van der Waals surface area contributed by atoms with Gasteiger partial charge in [-0.1, -0.05) is 32.6 Å². The molecular weight excluding hydrogens is 344 g/mol. The van der Waals surface area contributed by atoms with Gasteiger partial charge < -0.3 is 10.2 Å². The zero-order valence-electron chi connectivity index (χ0n) is 13.6. The summed E-state index contributed by atoms with van der Waals surface area (Å²) in [6.07, 6.45) is 9.33. The Labute approximate surface area is 142 Å². The van der Waals surface area contributed by atoms with Crippen molar-refractivity contribution in [1.82, 2.24) is 10.2 Å². The Kier molecular flexibility index (Phi) is 6.73. The van der Waals surface area contributed by atoms with E-state index in [-0.39, 0.29) is 0 Å². The van der Waals surface area contributed by atoms with Crippen molar-refractivity contribution in [2.45, 2.75) is 63.5 Å². The summed E-state index contributed by atoms with van der Waals surface area (Å²) in [7, 11) is 4.56. The van der Waals surface area contributed by atoms with Gasteiger partial charge in [0.05, 0.1) is 0 Å². The van der Waals surface area contributed by atoms with Crippen molar-refractivity contribution in [3.63, 3.8) is 0 Å². The van der Waals surface area contributed by atoms with E-state index in [1.807, 2.05) is 11.3 Å². The number of likely N-dealkylation sites (N-methyl/N-ethyl adjacent to an activating group) is 2. The zero-order chi connectivity index (χ0) is 15.3. The average Bonchev–Trinajstić information content (AvgIpc) is 2.72. The molecule has 0 bridgehead atoms. The monoisotopic (exact) mass is 372 g/mol. The van der Waals surface area contributed by atoms with Crippen LogP contribution in [0.5, 0.6) is 0 Å². The largest absolute Gasteiger partial charge is 0.312 e. The molecule has 1 unspecified atom stereocenters. The number of rotatable bonds is 6. The standard InChI is InChI=1S/C17H29BrN2S/c1-4-19-16(12-15-11-14(18)13-21-15)17(20(2)3)9-7-5-6-8-10-17/h11,13,16,19H,4-10,12H2,1-3H3. The first-order valence-electron chi connectivity index (χ1n) is 8.22. The van der Waals surface area contributed by atoms with Gasteiger partial charge in [0.15, 0.2) is 0 Å². The summed E-state index contributed by atoms with van der Waals surface area (Å²) in [6.45, 7) is 3.28. The molecule has 0 saturated heterocycles. The van der Waals surface area contributed by atoms with Gasteiger partial charge >= 0.3 is 0 Å². The molecule has 1 N–H and O–H groups in total. The maximum absolute atomic E-state index is 3.81. The van der Waals surface area contributed by atoms with Crippen LogP contribution < -0.4 is 5.32 Å². The maximum atomic E-state index is 3.81. The molecular formula is C17H29BrN2S. The van der Waals surface area contributed by atoms with E-state index in [0.717, 1.165) is 13.0 Å². The summed E-state index contributed by atoms with van der Waals surface area (Å²) in [4.78, 5) is 3.99. The number of halogens is 1. The third kappa shape index (κ3) is 4.31. The molecule has 0 aromatic carbocycles. The number of hydrogen-bond donors (Lipinski definition) is 1. The van der Waals surface area contributed by atoms with Crippen molar-refractivity contribution in [3.8, 4) is 0 Å². The molecule has 2 rings (SSSR count). The van der Waals surface area contributed by atoms with E-state index in [9.17, 15) is 0 Å². The third-order valence-corrected chi connectivity index (χ3v) is 6.71. The molecule has 0 radical (unpaired) electrons. The summed E-state index contributed by atoms with van der Waals surface area (Å²) < 4.78 is 1.22. The zero-order valence-corrected chi connectivity index (χ0v) is 16.0. The molecule has 1 aliphatic rings. The average molecular weight is 373 g/mol. The highest BCUT2D eigenvalue weighted by Gasteiger charge is 2.40. The van der Waals surface area contributed by atoms with Crippen LogP contribution in [0.2, 0.25) is 0 Å². The van der Waals surface area contributed by atoms with Gasteiger partial charge in [-0.05, 0) is 61.9 Å². The second-order valence-electron chi connectivity index (χ2n) is 6.46. The Morgan fingerprint density at radius 2 is 1.95 bits per heavy atom. The quantitative estimate of drug-likeness (QED) is 0.728. The van der Waals surface area contributed by atoms with E-state index in [2.05, 4.69) is 58.6 Å². The van der Waals surface area contributed by atoms with Crippen LogP contribution in [0, 0.1) is 0 Å². The summed E-state index contributed by atoms with van der Waals surface area (Å²) in [5.74, 6) is 0. The molecule has 21 heavy (non-hydrogen) atoms. The molecule has 0 spiro atoms. The number of thiophene rings is 1. The summed E-state index contributed by atoms with van der Waals surface area (Å²) in [6, 6.07) is 2.83. The van der Waals surface area contributed by atoms with Crippen LogP contribution in [0.1, 0.15) is 50.3 Å². The van der Waals surface area contributed by atoms with Gasteiger partial charge in [-0.2, -0.15) is 0 Å². The summed E-state index contributed by atoms with van der Waals surface area (Å²) in [5, 5.41) is 6.01. The molecule has 1 aromatic rings. The number of nitrogens with zero attached hydrogens (tertiary/aromatic N) is 1. The molecule has 1 aromatic heterocycles. The fraction of sp³-hybridized carbons (Fsp3) is 0.765. The van der Waals surface area contributed by atoms with E-state index in [4.69, 9.17) is 0 Å². The Hall–Kier alpha value is 0.1000. The maximum Gasteiger partial charge on any atom is 0.0359 e. The Bertz CT molecular complexity index is 422. The van der Waals surface area contributed by atoms with Gasteiger partial charge in [0.25, 0.3) is 0 Å². The van der Waals surface area contributed by atoms with Crippen LogP contribution in [0.4, 0.5) is 0 Å². The van der Waals surface area contributed by atoms with Crippen molar-refractivity contribution >= 4 is 27.3 Å². The lowest BCUT2D eigenvalue weighted by Crippen LogP contribution is -2.59. The fourth-order valence-electron chi connectivity index (χ4n) is 3.81. The first-order valence-corrected chi connectivity index (χ1v) is 9.89. The summed E-state index contributed by atoms with van der Waals surface area (Å²) in [5.41, 5.74) is 0.309. The highest BCUT2D eigenvalue weighted by molar-refractivity contribution is 9.10. The van der Waals surface area contributed by atoms with Crippen LogP contribution >= 0.6 is 27.3 Å². The molecule has 1 aliphatic carbocycles. The van der Waals surface area contributed by atoms with E-state index < -0.39 is 0 Å². The second-order valence-corrected chi connectivity index (χ2v) is 8.37. The van der Waals surface area contributed by atoms with Crippen LogP contribution in [-0.4, -0.2) is 37.1 Å². The molecule has 1 atom stereocenters. The van der Waals surface area contributed by atoms with Crippen LogP contribution in [0.15, 0.2) is 15.9 Å².